The van der Waals surface area contributed by atoms with E-state index < -0.39 is 12.1 Å². The standard InChI is InChI=1S/C35H36N4O3/c1-22-13-15-23(16-14-22)32-31-28(27-11-7-8-12-29(27)37-31)21-30-34(41)38(35(42)39(30)32)26-19-17-24(18-20-26)33(40)36-25-9-5-3-2-4-6-10-25/h7-8,11-20,25,30,32,37H,2-6,9-10,21H2,1H3,(H,36,40)/t30-,32+/m0/s1. The molecule has 1 aromatic heterocycles. The van der Waals surface area contributed by atoms with Gasteiger partial charge in [0.1, 0.15) is 12.1 Å². The molecular formula is C35H36N4O3. The highest BCUT2D eigenvalue weighted by molar-refractivity contribution is 6.22. The summed E-state index contributed by atoms with van der Waals surface area (Å²) in [6, 6.07) is 22.0. The van der Waals surface area contributed by atoms with Crippen LogP contribution in [0.15, 0.2) is 72.8 Å². The molecule has 3 aliphatic rings. The molecule has 2 aliphatic heterocycles. The van der Waals surface area contributed by atoms with E-state index in [2.05, 4.69) is 16.4 Å². The minimum Gasteiger partial charge on any atom is -0.356 e. The summed E-state index contributed by atoms with van der Waals surface area (Å²) in [6.45, 7) is 2.04. The van der Waals surface area contributed by atoms with Gasteiger partial charge in [-0.2, -0.15) is 0 Å². The number of aromatic nitrogens is 1. The van der Waals surface area contributed by atoms with E-state index in [9.17, 15) is 14.4 Å². The number of nitrogens with zero attached hydrogens (tertiary/aromatic N) is 2. The van der Waals surface area contributed by atoms with E-state index in [-0.39, 0.29) is 23.9 Å². The summed E-state index contributed by atoms with van der Waals surface area (Å²) in [5.41, 5.74) is 6.16. The third-order valence-corrected chi connectivity index (χ3v) is 9.27. The summed E-state index contributed by atoms with van der Waals surface area (Å²) in [7, 11) is 0. The maximum Gasteiger partial charge on any atom is 0.332 e. The van der Waals surface area contributed by atoms with Crippen LogP contribution in [-0.4, -0.2) is 39.8 Å². The quantitative estimate of drug-likeness (QED) is 0.269. The number of fused-ring (bicyclic) bond motifs is 4. The molecule has 3 heterocycles. The lowest BCUT2D eigenvalue weighted by Crippen LogP contribution is -2.44. The number of amides is 4. The van der Waals surface area contributed by atoms with Crippen LogP contribution in [-0.2, 0) is 11.2 Å². The Morgan fingerprint density at radius 1 is 0.857 bits per heavy atom. The molecule has 1 saturated carbocycles. The number of aryl methyl sites for hydroxylation is 1. The first-order valence-electron chi connectivity index (χ1n) is 15.2. The lowest BCUT2D eigenvalue weighted by atomic mass is 9.88. The van der Waals surface area contributed by atoms with Gasteiger partial charge in [-0.05, 0) is 61.2 Å². The number of carbonyl (C=O) groups excluding carboxylic acids is 3. The van der Waals surface area contributed by atoms with Gasteiger partial charge in [0.05, 0.1) is 5.69 Å². The van der Waals surface area contributed by atoms with Crippen LogP contribution < -0.4 is 10.2 Å². The maximum atomic E-state index is 14.1. The van der Waals surface area contributed by atoms with Crippen LogP contribution >= 0.6 is 0 Å². The van der Waals surface area contributed by atoms with Crippen LogP contribution in [0.25, 0.3) is 10.9 Å². The van der Waals surface area contributed by atoms with Gasteiger partial charge in [0, 0.05) is 34.6 Å². The monoisotopic (exact) mass is 560 g/mol. The highest BCUT2D eigenvalue weighted by Gasteiger charge is 2.53. The van der Waals surface area contributed by atoms with Crippen molar-refractivity contribution >= 4 is 34.4 Å². The van der Waals surface area contributed by atoms with Crippen molar-refractivity contribution in [3.8, 4) is 0 Å². The van der Waals surface area contributed by atoms with Gasteiger partial charge >= 0.3 is 6.03 Å². The molecule has 2 atom stereocenters. The SMILES string of the molecule is Cc1ccc([C@@H]2c3[nH]c4ccccc4c3C[C@H]3C(=O)N(c4ccc(C(=O)NC5CCCCCCC5)cc4)C(=O)N23)cc1. The second kappa shape index (κ2) is 10.8. The van der Waals surface area contributed by atoms with Gasteiger partial charge in [-0.15, -0.1) is 0 Å². The first-order chi connectivity index (χ1) is 20.5. The predicted molar refractivity (Wildman–Crippen MR) is 164 cm³/mol. The van der Waals surface area contributed by atoms with Crippen molar-refractivity contribution < 1.29 is 14.4 Å². The number of aromatic amines is 1. The zero-order chi connectivity index (χ0) is 28.8. The molecule has 0 spiro atoms. The molecule has 214 valence electrons. The van der Waals surface area contributed by atoms with Gasteiger partial charge in [-0.25, -0.2) is 9.69 Å². The molecule has 2 fully saturated rings. The zero-order valence-electron chi connectivity index (χ0n) is 23.9. The number of imide groups is 1. The number of para-hydroxylation sites is 1. The average Bonchev–Trinajstić information content (AvgIpc) is 3.48. The van der Waals surface area contributed by atoms with Crippen molar-refractivity contribution in [2.75, 3.05) is 4.90 Å². The second-order valence-electron chi connectivity index (χ2n) is 12.0. The summed E-state index contributed by atoms with van der Waals surface area (Å²) in [6.07, 6.45) is 8.49. The number of anilines is 1. The normalized spacial score (nSPS) is 21.2. The number of rotatable bonds is 4. The Hall–Kier alpha value is -4.39. The van der Waals surface area contributed by atoms with E-state index in [4.69, 9.17) is 0 Å². The molecule has 4 aromatic rings. The van der Waals surface area contributed by atoms with E-state index in [1.165, 1.54) is 24.2 Å². The van der Waals surface area contributed by atoms with Crippen molar-refractivity contribution in [2.45, 2.75) is 76.4 Å². The number of hydrogen-bond donors (Lipinski definition) is 2. The van der Waals surface area contributed by atoms with Gasteiger partial charge in [-0.3, -0.25) is 14.5 Å². The van der Waals surface area contributed by atoms with Crippen molar-refractivity contribution in [3.63, 3.8) is 0 Å². The molecule has 7 rings (SSSR count). The first-order valence-corrected chi connectivity index (χ1v) is 15.2. The van der Waals surface area contributed by atoms with E-state index >= 15 is 0 Å². The lowest BCUT2D eigenvalue weighted by molar-refractivity contribution is -0.120. The fourth-order valence-corrected chi connectivity index (χ4v) is 7.04. The van der Waals surface area contributed by atoms with Crippen LogP contribution in [0.5, 0.6) is 0 Å². The van der Waals surface area contributed by atoms with Crippen molar-refractivity contribution in [2.24, 2.45) is 0 Å². The number of hydrogen-bond acceptors (Lipinski definition) is 3. The van der Waals surface area contributed by atoms with Crippen molar-refractivity contribution in [1.82, 2.24) is 15.2 Å². The molecule has 42 heavy (non-hydrogen) atoms. The lowest BCUT2D eigenvalue weighted by Gasteiger charge is -2.36. The van der Waals surface area contributed by atoms with Crippen LogP contribution in [0.2, 0.25) is 0 Å². The van der Waals surface area contributed by atoms with Gasteiger partial charge in [0.25, 0.3) is 11.8 Å². The summed E-state index contributed by atoms with van der Waals surface area (Å²) in [4.78, 5) is 47.7. The molecule has 7 nitrogen and oxygen atoms in total. The predicted octanol–water partition coefficient (Wildman–Crippen LogP) is 6.80. The number of carbonyl (C=O) groups is 3. The molecule has 7 heteroatoms. The Bertz CT molecular complexity index is 1650. The molecule has 0 unspecified atom stereocenters. The smallest absolute Gasteiger partial charge is 0.332 e. The molecular weight excluding hydrogens is 524 g/mol. The van der Waals surface area contributed by atoms with Gasteiger partial charge in [-0.1, -0.05) is 80.1 Å². The second-order valence-corrected chi connectivity index (χ2v) is 12.0. The van der Waals surface area contributed by atoms with Crippen molar-refractivity contribution in [1.29, 1.82) is 0 Å². The maximum absolute atomic E-state index is 14.1. The highest BCUT2D eigenvalue weighted by atomic mass is 16.2. The van der Waals surface area contributed by atoms with E-state index in [1.807, 2.05) is 49.4 Å². The molecule has 0 radical (unpaired) electrons. The number of H-pyrrole nitrogens is 1. The topological polar surface area (TPSA) is 85.5 Å². The number of benzene rings is 3. The van der Waals surface area contributed by atoms with Crippen LogP contribution in [0.4, 0.5) is 10.5 Å². The molecule has 4 amide bonds. The van der Waals surface area contributed by atoms with Gasteiger partial charge in [0.15, 0.2) is 0 Å². The Morgan fingerprint density at radius 3 is 2.29 bits per heavy atom. The van der Waals surface area contributed by atoms with Crippen molar-refractivity contribution in [3.05, 3.63) is 101 Å². The largest absolute Gasteiger partial charge is 0.356 e. The number of nitrogens with one attached hydrogen (secondary N) is 2. The summed E-state index contributed by atoms with van der Waals surface area (Å²) in [5.74, 6) is -0.340. The van der Waals surface area contributed by atoms with Crippen LogP contribution in [0.1, 0.15) is 83.7 Å². The Labute approximate surface area is 245 Å². The third-order valence-electron chi connectivity index (χ3n) is 9.27. The van der Waals surface area contributed by atoms with Gasteiger partial charge in [0.2, 0.25) is 0 Å². The van der Waals surface area contributed by atoms with E-state index in [0.29, 0.717) is 17.7 Å². The van der Waals surface area contributed by atoms with E-state index in [0.717, 1.165) is 59.0 Å². The molecule has 1 aliphatic carbocycles. The third kappa shape index (κ3) is 4.57. The van der Waals surface area contributed by atoms with Crippen LogP contribution in [0.3, 0.4) is 0 Å². The molecule has 0 bridgehead atoms. The fraction of sp³-hybridized carbons (Fsp3) is 0.343. The highest BCUT2D eigenvalue weighted by Crippen LogP contribution is 2.44. The minimum atomic E-state index is -0.613. The van der Waals surface area contributed by atoms with Crippen LogP contribution in [0, 0.1) is 6.92 Å². The van der Waals surface area contributed by atoms with E-state index in [1.54, 1.807) is 29.2 Å². The fourth-order valence-electron chi connectivity index (χ4n) is 7.04. The molecule has 2 N–H and O–H groups in total. The zero-order valence-corrected chi connectivity index (χ0v) is 23.9. The first kappa shape index (κ1) is 26.5. The Kier molecular flexibility index (Phi) is 6.81. The van der Waals surface area contributed by atoms with Gasteiger partial charge < -0.3 is 10.3 Å². The summed E-state index contributed by atoms with van der Waals surface area (Å²) >= 11 is 0. The molecule has 1 saturated heterocycles. The average molecular weight is 561 g/mol. The Morgan fingerprint density at radius 2 is 1.55 bits per heavy atom. The molecule has 3 aromatic carbocycles. The number of urea groups is 1. The minimum absolute atomic E-state index is 0.103. The summed E-state index contributed by atoms with van der Waals surface area (Å²) < 4.78 is 0. The summed E-state index contributed by atoms with van der Waals surface area (Å²) in [5, 5.41) is 4.29. The Balaban J connectivity index is 1.18.